The Morgan fingerprint density at radius 3 is 2.60 bits per heavy atom. The zero-order valence-corrected chi connectivity index (χ0v) is 14.0. The van der Waals surface area contributed by atoms with E-state index in [2.05, 4.69) is 62.2 Å². The largest absolute Gasteiger partial charge is 0.315 e. The molecule has 2 rings (SSSR count). The van der Waals surface area contributed by atoms with Gasteiger partial charge in [0, 0.05) is 48.3 Å². The van der Waals surface area contributed by atoms with Crippen LogP contribution >= 0.6 is 11.8 Å². The van der Waals surface area contributed by atoms with Gasteiger partial charge in [0.05, 0.1) is 0 Å². The van der Waals surface area contributed by atoms with Gasteiger partial charge in [-0.3, -0.25) is 4.90 Å². The van der Waals surface area contributed by atoms with Crippen LogP contribution in [0.1, 0.15) is 39.2 Å². The zero-order valence-electron chi connectivity index (χ0n) is 13.2. The molecule has 0 saturated heterocycles. The maximum Gasteiger partial charge on any atom is 0.0112 e. The van der Waals surface area contributed by atoms with Crippen molar-refractivity contribution in [3.63, 3.8) is 0 Å². The Labute approximate surface area is 128 Å². The minimum atomic E-state index is 0.625. The monoisotopic (exact) mass is 292 g/mol. The second kappa shape index (κ2) is 7.48. The quantitative estimate of drug-likeness (QED) is 0.773. The lowest BCUT2D eigenvalue weighted by Crippen LogP contribution is -2.42. The summed E-state index contributed by atoms with van der Waals surface area (Å²) in [7, 11) is 0. The highest BCUT2D eigenvalue weighted by Gasteiger charge is 2.22. The molecule has 1 aromatic rings. The predicted octanol–water partition coefficient (Wildman–Crippen LogP) is 3.58. The molecule has 1 atom stereocenters. The first-order chi connectivity index (χ1) is 9.59. The average Bonchev–Trinajstić information content (AvgIpc) is 2.81. The number of nitrogens with zero attached hydrogens (tertiary/aromatic N) is 1. The van der Waals surface area contributed by atoms with E-state index in [1.165, 1.54) is 16.2 Å². The van der Waals surface area contributed by atoms with Gasteiger partial charge in [0.25, 0.3) is 0 Å². The van der Waals surface area contributed by atoms with Crippen molar-refractivity contribution < 1.29 is 0 Å². The highest BCUT2D eigenvalue weighted by molar-refractivity contribution is 7.99. The topological polar surface area (TPSA) is 15.3 Å². The Hall–Kier alpha value is -0.510. The summed E-state index contributed by atoms with van der Waals surface area (Å²) in [5, 5.41) is 3.65. The third-order valence-corrected chi connectivity index (χ3v) is 5.31. The molecule has 0 spiro atoms. The molecule has 0 saturated carbocycles. The van der Waals surface area contributed by atoms with Gasteiger partial charge in [0.2, 0.25) is 0 Å². The Morgan fingerprint density at radius 2 is 1.90 bits per heavy atom. The van der Waals surface area contributed by atoms with E-state index in [0.717, 1.165) is 19.6 Å². The molecular weight excluding hydrogens is 264 g/mol. The molecule has 0 fully saturated rings. The van der Waals surface area contributed by atoms with Crippen LogP contribution in [0.25, 0.3) is 0 Å². The van der Waals surface area contributed by atoms with Crippen molar-refractivity contribution in [3.8, 4) is 0 Å². The van der Waals surface area contributed by atoms with Crippen molar-refractivity contribution in [3.05, 3.63) is 29.8 Å². The summed E-state index contributed by atoms with van der Waals surface area (Å²) >= 11 is 2.00. The van der Waals surface area contributed by atoms with Crippen LogP contribution in [-0.4, -0.2) is 42.4 Å². The fourth-order valence-corrected chi connectivity index (χ4v) is 4.25. The number of fused-ring (bicyclic) bond motifs is 1. The zero-order chi connectivity index (χ0) is 14.5. The lowest BCUT2D eigenvalue weighted by Gasteiger charge is -2.30. The van der Waals surface area contributed by atoms with Gasteiger partial charge in [-0.1, -0.05) is 18.2 Å². The van der Waals surface area contributed by atoms with Crippen LogP contribution in [0.4, 0.5) is 0 Å². The Morgan fingerprint density at radius 1 is 1.20 bits per heavy atom. The highest BCUT2D eigenvalue weighted by Crippen LogP contribution is 2.38. The van der Waals surface area contributed by atoms with E-state index in [4.69, 9.17) is 0 Å². The Kier molecular flexibility index (Phi) is 5.94. The molecule has 1 N–H and O–H groups in total. The molecule has 112 valence electrons. The van der Waals surface area contributed by atoms with Gasteiger partial charge in [-0.25, -0.2) is 0 Å². The molecule has 1 heterocycles. The van der Waals surface area contributed by atoms with Crippen molar-refractivity contribution in [1.29, 1.82) is 0 Å². The van der Waals surface area contributed by atoms with Gasteiger partial charge in [-0.05, 0) is 39.3 Å². The molecule has 1 aromatic carbocycles. The molecule has 20 heavy (non-hydrogen) atoms. The predicted molar refractivity (Wildman–Crippen MR) is 89.8 cm³/mol. The minimum absolute atomic E-state index is 0.625. The number of thioether (sulfide) groups is 1. The lowest BCUT2D eigenvalue weighted by atomic mass is 10.0. The molecule has 1 aliphatic rings. The molecule has 0 aliphatic carbocycles. The summed E-state index contributed by atoms with van der Waals surface area (Å²) in [5.74, 6) is 1.91. The maximum atomic E-state index is 3.65. The molecule has 1 aliphatic heterocycles. The second-order valence-corrected chi connectivity index (χ2v) is 7.24. The smallest absolute Gasteiger partial charge is 0.0112 e. The van der Waals surface area contributed by atoms with Crippen LogP contribution in [0.3, 0.4) is 0 Å². The number of benzene rings is 1. The molecule has 1 unspecified atom stereocenters. The van der Waals surface area contributed by atoms with E-state index in [1.54, 1.807) is 0 Å². The van der Waals surface area contributed by atoms with Gasteiger partial charge in [-0.2, -0.15) is 0 Å². The van der Waals surface area contributed by atoms with E-state index in [-0.39, 0.29) is 0 Å². The first-order valence-corrected chi connectivity index (χ1v) is 8.76. The van der Waals surface area contributed by atoms with E-state index >= 15 is 0 Å². The summed E-state index contributed by atoms with van der Waals surface area (Å²) in [4.78, 5) is 4.02. The molecule has 0 bridgehead atoms. The summed E-state index contributed by atoms with van der Waals surface area (Å²) in [6, 6.07) is 10.1. The minimum Gasteiger partial charge on any atom is -0.315 e. The standard InChI is InChI=1S/C17H28N2S/c1-13(2)19(14(3)4)10-9-18-11-15-12-20-17-8-6-5-7-16(15)17/h5-8,13-15,18H,9-12H2,1-4H3. The van der Waals surface area contributed by atoms with Gasteiger partial charge in [-0.15, -0.1) is 11.8 Å². The van der Waals surface area contributed by atoms with Crippen LogP contribution in [0.5, 0.6) is 0 Å². The van der Waals surface area contributed by atoms with Crippen molar-refractivity contribution in [1.82, 2.24) is 10.2 Å². The fourth-order valence-electron chi connectivity index (χ4n) is 3.00. The van der Waals surface area contributed by atoms with Gasteiger partial charge in [0.1, 0.15) is 0 Å². The van der Waals surface area contributed by atoms with E-state index in [9.17, 15) is 0 Å². The third kappa shape index (κ3) is 4.00. The Balaban J connectivity index is 1.75. The molecular formula is C17H28N2S. The number of hydrogen-bond donors (Lipinski definition) is 1. The van der Waals surface area contributed by atoms with Crippen molar-refractivity contribution in [2.24, 2.45) is 0 Å². The van der Waals surface area contributed by atoms with Crippen molar-refractivity contribution >= 4 is 11.8 Å². The molecule has 3 heteroatoms. The average molecular weight is 292 g/mol. The van der Waals surface area contributed by atoms with Crippen LogP contribution in [0, 0.1) is 0 Å². The van der Waals surface area contributed by atoms with E-state index in [0.29, 0.717) is 18.0 Å². The van der Waals surface area contributed by atoms with Gasteiger partial charge < -0.3 is 5.32 Å². The summed E-state index contributed by atoms with van der Waals surface area (Å²) < 4.78 is 0. The summed E-state index contributed by atoms with van der Waals surface area (Å²) in [5.41, 5.74) is 1.54. The van der Waals surface area contributed by atoms with Crippen LogP contribution < -0.4 is 5.32 Å². The normalized spacial score (nSPS) is 18.2. The van der Waals surface area contributed by atoms with Crippen LogP contribution in [0.15, 0.2) is 29.2 Å². The van der Waals surface area contributed by atoms with E-state index < -0.39 is 0 Å². The number of rotatable bonds is 7. The Bertz CT molecular complexity index is 409. The van der Waals surface area contributed by atoms with E-state index in [1.807, 2.05) is 11.8 Å². The summed E-state index contributed by atoms with van der Waals surface area (Å²) in [6.07, 6.45) is 0. The molecule has 0 radical (unpaired) electrons. The SMILES string of the molecule is CC(C)N(CCNCC1CSc2ccccc21)C(C)C. The number of hydrogen-bond acceptors (Lipinski definition) is 3. The van der Waals surface area contributed by atoms with Crippen molar-refractivity contribution in [2.75, 3.05) is 25.4 Å². The van der Waals surface area contributed by atoms with Crippen molar-refractivity contribution in [2.45, 2.75) is 50.6 Å². The highest BCUT2D eigenvalue weighted by atomic mass is 32.2. The lowest BCUT2D eigenvalue weighted by molar-refractivity contribution is 0.176. The van der Waals surface area contributed by atoms with Crippen LogP contribution in [0.2, 0.25) is 0 Å². The molecule has 0 aromatic heterocycles. The maximum absolute atomic E-state index is 3.65. The second-order valence-electron chi connectivity index (χ2n) is 6.18. The summed E-state index contributed by atoms with van der Waals surface area (Å²) in [6.45, 7) is 12.5. The third-order valence-electron chi connectivity index (χ3n) is 4.06. The fraction of sp³-hybridized carbons (Fsp3) is 0.647. The number of nitrogens with one attached hydrogen (secondary N) is 1. The van der Waals surface area contributed by atoms with Gasteiger partial charge in [0.15, 0.2) is 0 Å². The van der Waals surface area contributed by atoms with Gasteiger partial charge >= 0.3 is 0 Å². The molecule has 2 nitrogen and oxygen atoms in total. The molecule has 0 amide bonds. The van der Waals surface area contributed by atoms with Crippen LogP contribution in [-0.2, 0) is 0 Å². The first kappa shape index (κ1) is 15.9. The first-order valence-electron chi connectivity index (χ1n) is 7.77.